The molecule has 0 bridgehead atoms. The molecule has 0 aliphatic heterocycles. The number of carbonyl (C=O) groups excluding carboxylic acids is 2. The van der Waals surface area contributed by atoms with Crippen LogP contribution in [0.5, 0.6) is 5.75 Å². The Kier molecular flexibility index (Phi) is 2.48. The van der Waals surface area contributed by atoms with Crippen LogP contribution in [0.4, 0.5) is 0 Å². The Hall–Kier alpha value is -2.10. The molecule has 4 heteroatoms. The highest BCUT2D eigenvalue weighted by Crippen LogP contribution is 2.33. The monoisotopic (exact) mass is 218 g/mol. The molecule has 0 amide bonds. The third-order valence-corrected chi connectivity index (χ3v) is 2.12. The van der Waals surface area contributed by atoms with Gasteiger partial charge in [0, 0.05) is 13.8 Å². The molecule has 0 atom stereocenters. The molecule has 0 aliphatic carbocycles. The average molecular weight is 218 g/mol. The van der Waals surface area contributed by atoms with Crippen molar-refractivity contribution in [2.45, 2.75) is 13.8 Å². The molecular formula is C12H10O4. The zero-order valence-corrected chi connectivity index (χ0v) is 8.94. The first-order valence-electron chi connectivity index (χ1n) is 4.80. The maximum Gasteiger partial charge on any atom is 0.308 e. The second kappa shape index (κ2) is 3.81. The Labute approximate surface area is 91.8 Å². The number of carbonyl (C=O) groups is 2. The van der Waals surface area contributed by atoms with Gasteiger partial charge in [0.2, 0.25) is 5.76 Å². The van der Waals surface area contributed by atoms with Crippen LogP contribution in [0, 0.1) is 0 Å². The topological polar surface area (TPSA) is 56.5 Å². The van der Waals surface area contributed by atoms with Crippen molar-refractivity contribution in [3.8, 4) is 5.75 Å². The van der Waals surface area contributed by atoms with E-state index in [1.807, 2.05) is 0 Å². The van der Waals surface area contributed by atoms with Crippen LogP contribution in [0.25, 0.3) is 11.0 Å². The minimum Gasteiger partial charge on any atom is -0.449 e. The van der Waals surface area contributed by atoms with Gasteiger partial charge >= 0.3 is 5.97 Å². The number of hydrogen-bond donors (Lipinski definition) is 0. The fourth-order valence-corrected chi connectivity index (χ4v) is 1.50. The Bertz CT molecular complexity index is 565. The van der Waals surface area contributed by atoms with E-state index in [9.17, 15) is 9.59 Å². The summed E-state index contributed by atoms with van der Waals surface area (Å²) in [6.45, 7) is 2.65. The predicted octanol–water partition coefficient (Wildman–Crippen LogP) is 2.56. The standard InChI is InChI=1S/C12H10O4/c1-7(13)11-12(15-8(2)14)9-5-3-4-6-10(9)16-11/h3-6H,1-2H3. The SMILES string of the molecule is CC(=O)Oc1c(C(C)=O)oc2ccccc12. The quantitative estimate of drug-likeness (QED) is 0.574. The summed E-state index contributed by atoms with van der Waals surface area (Å²) in [5, 5.41) is 0.628. The molecule has 0 saturated heterocycles. The van der Waals surface area contributed by atoms with E-state index in [1.54, 1.807) is 24.3 Å². The zero-order chi connectivity index (χ0) is 11.7. The van der Waals surface area contributed by atoms with Crippen molar-refractivity contribution in [1.29, 1.82) is 0 Å². The first-order valence-corrected chi connectivity index (χ1v) is 4.80. The van der Waals surface area contributed by atoms with Gasteiger partial charge in [-0.3, -0.25) is 9.59 Å². The number of para-hydroxylation sites is 1. The molecule has 0 spiro atoms. The molecule has 1 aromatic carbocycles. The second-order valence-electron chi connectivity index (χ2n) is 3.41. The van der Waals surface area contributed by atoms with Gasteiger partial charge in [-0.25, -0.2) is 0 Å². The van der Waals surface area contributed by atoms with Crippen molar-refractivity contribution < 1.29 is 18.7 Å². The lowest BCUT2D eigenvalue weighted by atomic mass is 10.2. The number of Topliss-reactive ketones (excluding diaryl/α,β-unsaturated/α-hetero) is 1. The smallest absolute Gasteiger partial charge is 0.308 e. The van der Waals surface area contributed by atoms with Gasteiger partial charge in [0.05, 0.1) is 5.39 Å². The van der Waals surface area contributed by atoms with Crippen LogP contribution in [-0.4, -0.2) is 11.8 Å². The summed E-state index contributed by atoms with van der Waals surface area (Å²) in [6.07, 6.45) is 0. The Morgan fingerprint density at radius 3 is 2.50 bits per heavy atom. The first-order chi connectivity index (χ1) is 7.59. The van der Waals surface area contributed by atoms with E-state index in [0.717, 1.165) is 0 Å². The van der Waals surface area contributed by atoms with Crippen molar-refractivity contribution in [3.63, 3.8) is 0 Å². The van der Waals surface area contributed by atoms with E-state index in [1.165, 1.54) is 13.8 Å². The summed E-state index contributed by atoms with van der Waals surface area (Å²) in [5.41, 5.74) is 0.531. The minimum atomic E-state index is -0.478. The van der Waals surface area contributed by atoms with Crippen LogP contribution >= 0.6 is 0 Å². The summed E-state index contributed by atoms with van der Waals surface area (Å²) >= 11 is 0. The molecule has 2 rings (SSSR count). The second-order valence-corrected chi connectivity index (χ2v) is 3.41. The van der Waals surface area contributed by atoms with E-state index in [0.29, 0.717) is 11.0 Å². The number of benzene rings is 1. The summed E-state index contributed by atoms with van der Waals surface area (Å²) < 4.78 is 10.3. The number of furan rings is 1. The number of rotatable bonds is 2. The lowest BCUT2D eigenvalue weighted by Crippen LogP contribution is -2.04. The molecule has 82 valence electrons. The molecule has 0 fully saturated rings. The summed E-state index contributed by atoms with van der Waals surface area (Å²) in [5.74, 6) is -0.464. The molecule has 0 radical (unpaired) electrons. The molecule has 16 heavy (non-hydrogen) atoms. The number of esters is 1. The van der Waals surface area contributed by atoms with E-state index in [2.05, 4.69) is 0 Å². The van der Waals surface area contributed by atoms with E-state index in [-0.39, 0.29) is 17.3 Å². The molecular weight excluding hydrogens is 208 g/mol. The van der Waals surface area contributed by atoms with E-state index >= 15 is 0 Å². The van der Waals surface area contributed by atoms with Crippen LogP contribution in [-0.2, 0) is 4.79 Å². The van der Waals surface area contributed by atoms with Crippen LogP contribution in [0.15, 0.2) is 28.7 Å². The fraction of sp³-hybridized carbons (Fsp3) is 0.167. The van der Waals surface area contributed by atoms with Crippen molar-refractivity contribution in [3.05, 3.63) is 30.0 Å². The van der Waals surface area contributed by atoms with E-state index < -0.39 is 5.97 Å². The molecule has 0 saturated carbocycles. The van der Waals surface area contributed by atoms with Crippen molar-refractivity contribution in [1.82, 2.24) is 0 Å². The minimum absolute atomic E-state index is 0.0800. The third-order valence-electron chi connectivity index (χ3n) is 2.12. The number of ether oxygens (including phenoxy) is 1. The molecule has 2 aromatic rings. The van der Waals surface area contributed by atoms with Crippen LogP contribution in [0.1, 0.15) is 24.4 Å². The van der Waals surface area contributed by atoms with Crippen LogP contribution in [0.2, 0.25) is 0 Å². The normalized spacial score (nSPS) is 10.4. The van der Waals surface area contributed by atoms with Gasteiger partial charge < -0.3 is 9.15 Å². The van der Waals surface area contributed by atoms with Crippen molar-refractivity contribution >= 4 is 22.7 Å². The summed E-state index contributed by atoms with van der Waals surface area (Å²) in [6, 6.07) is 7.03. The zero-order valence-electron chi connectivity index (χ0n) is 8.94. The Balaban J connectivity index is 2.69. The maximum atomic E-state index is 11.3. The van der Waals surface area contributed by atoms with Crippen LogP contribution in [0.3, 0.4) is 0 Å². The lowest BCUT2D eigenvalue weighted by molar-refractivity contribution is -0.131. The van der Waals surface area contributed by atoms with Gasteiger partial charge in [0.15, 0.2) is 11.5 Å². The summed E-state index contributed by atoms with van der Waals surface area (Å²) in [7, 11) is 0. The highest BCUT2D eigenvalue weighted by Gasteiger charge is 2.20. The molecule has 0 unspecified atom stereocenters. The van der Waals surface area contributed by atoms with E-state index in [4.69, 9.17) is 9.15 Å². The van der Waals surface area contributed by atoms with Gasteiger partial charge in [-0.2, -0.15) is 0 Å². The predicted molar refractivity (Wildman–Crippen MR) is 57.5 cm³/mol. The lowest BCUT2D eigenvalue weighted by Gasteiger charge is -1.99. The van der Waals surface area contributed by atoms with Gasteiger partial charge in [-0.1, -0.05) is 12.1 Å². The van der Waals surface area contributed by atoms with Crippen molar-refractivity contribution in [2.24, 2.45) is 0 Å². The highest BCUT2D eigenvalue weighted by atomic mass is 16.5. The highest BCUT2D eigenvalue weighted by molar-refractivity contribution is 6.02. The molecule has 4 nitrogen and oxygen atoms in total. The number of hydrogen-bond acceptors (Lipinski definition) is 4. The van der Waals surface area contributed by atoms with Gasteiger partial charge in [-0.15, -0.1) is 0 Å². The number of ketones is 1. The summed E-state index contributed by atoms with van der Waals surface area (Å²) in [4.78, 5) is 22.3. The number of fused-ring (bicyclic) bond motifs is 1. The Morgan fingerprint density at radius 2 is 1.88 bits per heavy atom. The van der Waals surface area contributed by atoms with Gasteiger partial charge in [-0.05, 0) is 12.1 Å². The average Bonchev–Trinajstić information content (AvgIpc) is 2.57. The van der Waals surface area contributed by atoms with Crippen molar-refractivity contribution in [2.75, 3.05) is 0 Å². The third kappa shape index (κ3) is 1.69. The van der Waals surface area contributed by atoms with Gasteiger partial charge in [0.1, 0.15) is 5.58 Å². The molecule has 1 heterocycles. The fourth-order valence-electron chi connectivity index (χ4n) is 1.50. The molecule has 0 aliphatic rings. The largest absolute Gasteiger partial charge is 0.449 e. The molecule has 1 aromatic heterocycles. The maximum absolute atomic E-state index is 11.3. The first kappa shape index (κ1) is 10.4. The van der Waals surface area contributed by atoms with Crippen LogP contribution < -0.4 is 4.74 Å². The Morgan fingerprint density at radius 1 is 1.19 bits per heavy atom. The van der Waals surface area contributed by atoms with Gasteiger partial charge in [0.25, 0.3) is 0 Å². The molecule has 0 N–H and O–H groups in total.